The van der Waals surface area contributed by atoms with E-state index in [1.165, 1.54) is 11.1 Å². The molecule has 2 aromatic carbocycles. The van der Waals surface area contributed by atoms with Gasteiger partial charge in [-0.25, -0.2) is 14.2 Å². The van der Waals surface area contributed by atoms with Gasteiger partial charge in [-0.3, -0.25) is 0 Å². The summed E-state index contributed by atoms with van der Waals surface area (Å²) in [5.41, 5.74) is 6.95. The summed E-state index contributed by atoms with van der Waals surface area (Å²) in [4.78, 5) is 20.9. The maximum atomic E-state index is 15.5. The second kappa shape index (κ2) is 6.61. The highest BCUT2D eigenvalue weighted by atomic mass is 35.5. The van der Waals surface area contributed by atoms with Crippen LogP contribution in [0.2, 0.25) is 5.02 Å². The third kappa shape index (κ3) is 2.57. The van der Waals surface area contributed by atoms with Crippen molar-refractivity contribution in [3.63, 3.8) is 0 Å². The van der Waals surface area contributed by atoms with Crippen LogP contribution in [0.5, 0.6) is 0 Å². The van der Waals surface area contributed by atoms with E-state index in [9.17, 15) is 4.79 Å². The lowest BCUT2D eigenvalue weighted by Crippen LogP contribution is -2.09. The number of fused-ring (bicyclic) bond motifs is 9. The lowest BCUT2D eigenvalue weighted by atomic mass is 9.92. The number of nitrogens with zero attached hydrogens (tertiary/aromatic N) is 2. The number of rotatable bonds is 2. The van der Waals surface area contributed by atoms with E-state index in [0.717, 1.165) is 56.6 Å². The number of H-pyrrole nitrogens is 1. The summed E-state index contributed by atoms with van der Waals surface area (Å²) in [5.74, 6) is -0.228. The number of nitrogens with one attached hydrogen (secondary N) is 1. The van der Waals surface area contributed by atoms with E-state index in [-0.39, 0.29) is 11.5 Å². The lowest BCUT2D eigenvalue weighted by molar-refractivity contribution is 0.553. The van der Waals surface area contributed by atoms with E-state index in [2.05, 4.69) is 9.97 Å². The summed E-state index contributed by atoms with van der Waals surface area (Å²) in [6, 6.07) is 11.2. The Bertz CT molecular complexity index is 2010. The average Bonchev–Trinajstić information content (AvgIpc) is 3.41. The van der Waals surface area contributed by atoms with Gasteiger partial charge in [0.05, 0.1) is 5.52 Å². The fourth-order valence-electron chi connectivity index (χ4n) is 5.89. The van der Waals surface area contributed by atoms with Gasteiger partial charge in [0.15, 0.2) is 0 Å². The Balaban J connectivity index is 1.55. The molecule has 35 heavy (non-hydrogen) atoms. The molecule has 0 fully saturated rings. The number of allylic oxidation sites excluding steroid dienone is 2. The summed E-state index contributed by atoms with van der Waals surface area (Å²) in [6.45, 7) is 0.306. The Kier molecular flexibility index (Phi) is 3.67. The molecule has 2 aliphatic carbocycles. The molecule has 0 aliphatic heterocycles. The number of aromatic nitrogens is 3. The molecule has 0 radical (unpaired) electrons. The molecule has 0 unspecified atom stereocenters. The molecule has 0 saturated heterocycles. The molecule has 1 N–H and O–H groups in total. The molecule has 8 rings (SSSR count). The van der Waals surface area contributed by atoms with Crippen LogP contribution in [0, 0.1) is 5.82 Å². The number of benzene rings is 2. The topological polar surface area (TPSA) is 63.8 Å². The summed E-state index contributed by atoms with van der Waals surface area (Å²) in [7, 11) is 0. The first kappa shape index (κ1) is 19.4. The standard InChI is InChI=1S/C28H17ClFN3O2/c29-19-10-21-14(5-7-31-21)8-15(19)12-33-22-11-20(30)16-4-3-13-9-18(13)23(16)25(22)24-17-2-1-6-32-27(17)35-28(34)26(24)33/h1-2,5-8,10-11,31H,3-4,9,12H2. The second-order valence-corrected chi connectivity index (χ2v) is 9.84. The summed E-state index contributed by atoms with van der Waals surface area (Å²) in [6.07, 6.45) is 5.96. The number of pyridine rings is 1. The van der Waals surface area contributed by atoms with Gasteiger partial charge in [-0.1, -0.05) is 17.2 Å². The van der Waals surface area contributed by atoms with E-state index in [0.29, 0.717) is 29.0 Å². The highest BCUT2D eigenvalue weighted by Crippen LogP contribution is 2.52. The van der Waals surface area contributed by atoms with Gasteiger partial charge >= 0.3 is 5.63 Å². The minimum Gasteiger partial charge on any atom is -0.402 e. The third-order valence-corrected chi connectivity index (χ3v) is 7.90. The Morgan fingerprint density at radius 3 is 3.00 bits per heavy atom. The molecule has 0 amide bonds. The predicted molar refractivity (Wildman–Crippen MR) is 136 cm³/mol. The lowest BCUT2D eigenvalue weighted by Gasteiger charge is -2.14. The molecular formula is C28H17ClFN3O2. The van der Waals surface area contributed by atoms with Crippen LogP contribution >= 0.6 is 11.6 Å². The Labute approximate surface area is 202 Å². The van der Waals surface area contributed by atoms with Gasteiger partial charge in [0, 0.05) is 45.6 Å². The van der Waals surface area contributed by atoms with Gasteiger partial charge in [-0.05, 0) is 83.3 Å². The van der Waals surface area contributed by atoms with E-state index in [1.54, 1.807) is 12.3 Å². The quantitative estimate of drug-likeness (QED) is 0.298. The molecule has 0 bridgehead atoms. The third-order valence-electron chi connectivity index (χ3n) is 7.55. The first-order valence-electron chi connectivity index (χ1n) is 11.6. The van der Waals surface area contributed by atoms with Crippen LogP contribution in [0.15, 0.2) is 63.6 Å². The van der Waals surface area contributed by atoms with Gasteiger partial charge in [0.2, 0.25) is 5.71 Å². The van der Waals surface area contributed by atoms with Gasteiger partial charge in [-0.2, -0.15) is 0 Å². The highest BCUT2D eigenvalue weighted by molar-refractivity contribution is 6.32. The van der Waals surface area contributed by atoms with E-state index in [1.807, 2.05) is 41.1 Å². The fourth-order valence-corrected chi connectivity index (χ4v) is 6.12. The van der Waals surface area contributed by atoms with Gasteiger partial charge < -0.3 is 14.0 Å². The van der Waals surface area contributed by atoms with Crippen molar-refractivity contribution >= 4 is 61.0 Å². The summed E-state index contributed by atoms with van der Waals surface area (Å²) in [5, 5.41) is 4.02. The second-order valence-electron chi connectivity index (χ2n) is 9.43. The predicted octanol–water partition coefficient (Wildman–Crippen LogP) is 6.72. The molecule has 7 heteroatoms. The van der Waals surface area contributed by atoms with Crippen LogP contribution in [-0.4, -0.2) is 14.5 Å². The van der Waals surface area contributed by atoms with Crippen molar-refractivity contribution in [1.29, 1.82) is 0 Å². The SMILES string of the molecule is O=c1oc2ncccc2c2c3c4c(c(F)cc3n(Cc3cc5cc[nH]c5cc3Cl)c12)CCC1=C4C1. The fraction of sp³-hybridized carbons (Fsp3) is 0.143. The van der Waals surface area contributed by atoms with Crippen LogP contribution in [-0.2, 0) is 13.0 Å². The molecule has 0 saturated carbocycles. The van der Waals surface area contributed by atoms with Crippen LogP contribution < -0.4 is 5.63 Å². The van der Waals surface area contributed by atoms with Crippen LogP contribution in [0.25, 0.3) is 49.4 Å². The van der Waals surface area contributed by atoms with Crippen molar-refractivity contribution in [3.8, 4) is 0 Å². The molecule has 5 nitrogen and oxygen atoms in total. The van der Waals surface area contributed by atoms with Crippen molar-refractivity contribution in [2.75, 3.05) is 0 Å². The smallest absolute Gasteiger partial charge is 0.362 e. The Hall–Kier alpha value is -3.90. The van der Waals surface area contributed by atoms with Crippen LogP contribution in [0.4, 0.5) is 4.39 Å². The molecule has 4 heterocycles. The van der Waals surface area contributed by atoms with Crippen LogP contribution in [0.1, 0.15) is 29.5 Å². The van der Waals surface area contributed by atoms with Gasteiger partial charge in [-0.15, -0.1) is 0 Å². The van der Waals surface area contributed by atoms with Gasteiger partial charge in [0.1, 0.15) is 11.3 Å². The maximum Gasteiger partial charge on any atom is 0.362 e. The van der Waals surface area contributed by atoms with E-state index >= 15 is 4.39 Å². The minimum atomic E-state index is -0.490. The average molecular weight is 482 g/mol. The zero-order chi connectivity index (χ0) is 23.4. The van der Waals surface area contributed by atoms with Crippen LogP contribution in [0.3, 0.4) is 0 Å². The van der Waals surface area contributed by atoms with Crippen molar-refractivity contribution in [1.82, 2.24) is 14.5 Å². The van der Waals surface area contributed by atoms with E-state index in [4.69, 9.17) is 16.0 Å². The number of hydrogen-bond donors (Lipinski definition) is 1. The largest absolute Gasteiger partial charge is 0.402 e. The zero-order valence-corrected chi connectivity index (χ0v) is 19.2. The molecule has 6 aromatic rings. The first-order valence-corrected chi connectivity index (χ1v) is 12.0. The summed E-state index contributed by atoms with van der Waals surface area (Å²) >= 11 is 6.66. The molecule has 4 aromatic heterocycles. The van der Waals surface area contributed by atoms with E-state index < -0.39 is 5.63 Å². The van der Waals surface area contributed by atoms with Crippen molar-refractivity contribution < 1.29 is 8.81 Å². The first-order chi connectivity index (χ1) is 17.1. The van der Waals surface area contributed by atoms with Crippen molar-refractivity contribution in [2.24, 2.45) is 0 Å². The normalized spacial score (nSPS) is 14.9. The summed E-state index contributed by atoms with van der Waals surface area (Å²) < 4.78 is 23.0. The molecule has 0 spiro atoms. The van der Waals surface area contributed by atoms with Gasteiger partial charge in [0.25, 0.3) is 0 Å². The monoisotopic (exact) mass is 481 g/mol. The van der Waals surface area contributed by atoms with Crippen molar-refractivity contribution in [3.05, 3.63) is 92.3 Å². The Morgan fingerprint density at radius 2 is 2.09 bits per heavy atom. The Morgan fingerprint density at radius 1 is 1.17 bits per heavy atom. The number of aromatic amines is 1. The van der Waals surface area contributed by atoms with Crippen molar-refractivity contribution in [2.45, 2.75) is 25.8 Å². The zero-order valence-electron chi connectivity index (χ0n) is 18.4. The number of halogens is 2. The minimum absolute atomic E-state index is 0.228. The highest BCUT2D eigenvalue weighted by Gasteiger charge is 2.35. The molecule has 0 atom stereocenters. The molecular weight excluding hydrogens is 465 g/mol. The molecule has 2 aliphatic rings. The molecule has 170 valence electrons. The number of hydrogen-bond acceptors (Lipinski definition) is 3. The maximum absolute atomic E-state index is 15.5.